The Labute approximate surface area is 179 Å². The molecule has 2 aromatic heterocycles. The van der Waals surface area contributed by atoms with E-state index in [1.807, 2.05) is 36.4 Å². The molecule has 0 saturated heterocycles. The van der Waals surface area contributed by atoms with Gasteiger partial charge in [-0.05, 0) is 34.1 Å². The molecule has 0 fully saturated rings. The predicted molar refractivity (Wildman–Crippen MR) is 118 cm³/mol. The molecule has 0 unspecified atom stereocenters. The monoisotopic (exact) mass is 472 g/mol. The molecule has 7 nitrogen and oxygen atoms in total. The minimum Gasteiger partial charge on any atom is -0.493 e. The third kappa shape index (κ3) is 3.88. The van der Waals surface area contributed by atoms with Crippen LogP contribution >= 0.6 is 27.7 Å². The molecule has 0 spiro atoms. The number of hydrogen-bond donors (Lipinski definition) is 2. The highest BCUT2D eigenvalue weighted by molar-refractivity contribution is 9.10. The van der Waals surface area contributed by atoms with E-state index in [-0.39, 0.29) is 11.7 Å². The predicted octanol–water partition coefficient (Wildman–Crippen LogP) is 4.62. The van der Waals surface area contributed by atoms with Gasteiger partial charge in [0.05, 0.1) is 36.7 Å². The summed E-state index contributed by atoms with van der Waals surface area (Å²) < 4.78 is 11.6. The number of amides is 1. The van der Waals surface area contributed by atoms with E-state index >= 15 is 0 Å². The van der Waals surface area contributed by atoms with Crippen LogP contribution in [0.4, 0.5) is 5.69 Å². The molecule has 4 rings (SSSR count). The number of halogens is 1. The Morgan fingerprint density at radius 3 is 2.69 bits per heavy atom. The molecule has 148 valence electrons. The Balaban J connectivity index is 1.61. The Morgan fingerprint density at radius 2 is 1.93 bits per heavy atom. The fraction of sp³-hybridized carbons (Fsp3) is 0.150. The molecule has 0 aliphatic heterocycles. The van der Waals surface area contributed by atoms with Crippen molar-refractivity contribution in [1.29, 1.82) is 0 Å². The van der Waals surface area contributed by atoms with E-state index in [9.17, 15) is 4.79 Å². The molecule has 0 atom stereocenters. The van der Waals surface area contributed by atoms with Gasteiger partial charge in [0, 0.05) is 15.9 Å². The van der Waals surface area contributed by atoms with Crippen molar-refractivity contribution in [1.82, 2.24) is 15.0 Å². The number of para-hydroxylation sites is 1. The number of aromatic nitrogens is 3. The maximum atomic E-state index is 12.4. The van der Waals surface area contributed by atoms with Gasteiger partial charge >= 0.3 is 0 Å². The van der Waals surface area contributed by atoms with E-state index in [2.05, 4.69) is 36.2 Å². The average Bonchev–Trinajstić information content (AvgIpc) is 3.11. The molecule has 0 bridgehead atoms. The number of nitrogens with zero attached hydrogens (tertiary/aromatic N) is 2. The van der Waals surface area contributed by atoms with Gasteiger partial charge in [-0.15, -0.1) is 0 Å². The second kappa shape index (κ2) is 8.30. The fourth-order valence-electron chi connectivity index (χ4n) is 2.99. The van der Waals surface area contributed by atoms with Crippen molar-refractivity contribution in [2.75, 3.05) is 25.3 Å². The lowest BCUT2D eigenvalue weighted by Crippen LogP contribution is -2.14. The lowest BCUT2D eigenvalue weighted by Gasteiger charge is -2.07. The van der Waals surface area contributed by atoms with Crippen molar-refractivity contribution >= 4 is 61.2 Å². The molecule has 1 amide bonds. The Hall–Kier alpha value is -2.78. The molecule has 2 heterocycles. The molecule has 0 saturated carbocycles. The Kier molecular flexibility index (Phi) is 5.59. The second-order valence-corrected chi connectivity index (χ2v) is 7.92. The van der Waals surface area contributed by atoms with E-state index in [1.165, 1.54) is 18.1 Å². The van der Waals surface area contributed by atoms with Gasteiger partial charge in [0.2, 0.25) is 5.91 Å². The summed E-state index contributed by atoms with van der Waals surface area (Å²) in [6.07, 6.45) is 1.50. The van der Waals surface area contributed by atoms with Crippen molar-refractivity contribution in [3.05, 3.63) is 47.2 Å². The fourth-order valence-corrected chi connectivity index (χ4v) is 4.13. The van der Waals surface area contributed by atoms with Gasteiger partial charge in [0.15, 0.2) is 11.5 Å². The van der Waals surface area contributed by atoms with Crippen LogP contribution in [0.15, 0.2) is 52.2 Å². The van der Waals surface area contributed by atoms with Gasteiger partial charge in [0.25, 0.3) is 0 Å². The quantitative estimate of drug-likeness (QED) is 0.314. The van der Waals surface area contributed by atoms with Crippen LogP contribution in [0.3, 0.4) is 0 Å². The maximum absolute atomic E-state index is 12.4. The van der Waals surface area contributed by atoms with E-state index in [0.717, 1.165) is 32.1 Å². The first-order valence-electron chi connectivity index (χ1n) is 8.66. The number of carbonyl (C=O) groups is 1. The summed E-state index contributed by atoms with van der Waals surface area (Å²) in [5.41, 5.74) is 3.13. The highest BCUT2D eigenvalue weighted by Crippen LogP contribution is 2.36. The van der Waals surface area contributed by atoms with Crippen LogP contribution in [0, 0.1) is 0 Å². The zero-order valence-corrected chi connectivity index (χ0v) is 18.1. The first kappa shape index (κ1) is 19.5. The lowest BCUT2D eigenvalue weighted by molar-refractivity contribution is -0.113. The molecule has 2 aromatic carbocycles. The average molecular weight is 473 g/mol. The number of fused-ring (bicyclic) bond motifs is 3. The summed E-state index contributed by atoms with van der Waals surface area (Å²) >= 11 is 4.77. The molecular formula is C20H17BrN4O3S. The van der Waals surface area contributed by atoms with Crippen molar-refractivity contribution in [2.24, 2.45) is 0 Å². The number of anilines is 1. The molecule has 9 heteroatoms. The number of methoxy groups -OCH3 is 2. The Morgan fingerprint density at radius 1 is 1.17 bits per heavy atom. The standard InChI is InChI=1S/C20H17BrN4O3S/c1-27-15-7-11-14(8-16(15)28-2)25-19-18(11)22-10-23-20(19)29-9-17(26)24-13-6-4-3-5-12(13)21/h3-8,10,25H,9H2,1-2H3,(H,24,26). The molecule has 4 aromatic rings. The maximum Gasteiger partial charge on any atom is 0.234 e. The van der Waals surface area contributed by atoms with Crippen molar-refractivity contribution in [3.8, 4) is 11.5 Å². The van der Waals surface area contributed by atoms with E-state index < -0.39 is 0 Å². The number of rotatable bonds is 6. The van der Waals surface area contributed by atoms with Crippen molar-refractivity contribution in [2.45, 2.75) is 5.03 Å². The first-order valence-corrected chi connectivity index (χ1v) is 10.4. The van der Waals surface area contributed by atoms with Crippen LogP contribution in [0.2, 0.25) is 0 Å². The van der Waals surface area contributed by atoms with Crippen LogP contribution < -0.4 is 14.8 Å². The third-order valence-electron chi connectivity index (χ3n) is 4.34. The van der Waals surface area contributed by atoms with Crippen LogP contribution in [0.5, 0.6) is 11.5 Å². The number of ether oxygens (including phenoxy) is 2. The topological polar surface area (TPSA) is 89.1 Å². The molecule has 0 aliphatic rings. The Bertz CT molecular complexity index is 1210. The summed E-state index contributed by atoms with van der Waals surface area (Å²) in [5.74, 6) is 1.35. The van der Waals surface area contributed by atoms with Gasteiger partial charge < -0.3 is 19.8 Å². The van der Waals surface area contributed by atoms with Gasteiger partial charge in [0.1, 0.15) is 16.9 Å². The van der Waals surface area contributed by atoms with Crippen LogP contribution in [0.25, 0.3) is 21.9 Å². The summed E-state index contributed by atoms with van der Waals surface area (Å²) in [4.78, 5) is 24.5. The van der Waals surface area contributed by atoms with E-state index in [4.69, 9.17) is 9.47 Å². The highest BCUT2D eigenvalue weighted by atomic mass is 79.9. The van der Waals surface area contributed by atoms with Gasteiger partial charge in [-0.25, -0.2) is 9.97 Å². The zero-order chi connectivity index (χ0) is 20.4. The third-order valence-corrected chi connectivity index (χ3v) is 6.02. The number of carbonyl (C=O) groups excluding carboxylic acids is 1. The molecule has 0 aliphatic carbocycles. The molecule has 0 radical (unpaired) electrons. The van der Waals surface area contributed by atoms with Crippen LogP contribution in [-0.4, -0.2) is 40.8 Å². The number of hydrogen-bond acceptors (Lipinski definition) is 6. The number of H-pyrrole nitrogens is 1. The van der Waals surface area contributed by atoms with Crippen molar-refractivity contribution in [3.63, 3.8) is 0 Å². The normalized spacial score (nSPS) is 11.0. The number of aromatic amines is 1. The van der Waals surface area contributed by atoms with Crippen LogP contribution in [0.1, 0.15) is 0 Å². The molecular weight excluding hydrogens is 456 g/mol. The lowest BCUT2D eigenvalue weighted by atomic mass is 10.2. The summed E-state index contributed by atoms with van der Waals surface area (Å²) in [5, 5.41) is 4.49. The van der Waals surface area contributed by atoms with E-state index in [1.54, 1.807) is 14.2 Å². The highest BCUT2D eigenvalue weighted by Gasteiger charge is 2.16. The first-order chi connectivity index (χ1) is 14.1. The minimum absolute atomic E-state index is 0.117. The number of thioether (sulfide) groups is 1. The van der Waals surface area contributed by atoms with Gasteiger partial charge in [-0.2, -0.15) is 0 Å². The SMILES string of the molecule is COc1cc2[nH]c3c(SCC(=O)Nc4ccccc4Br)ncnc3c2cc1OC. The summed E-state index contributed by atoms with van der Waals surface area (Å²) in [7, 11) is 3.19. The van der Waals surface area contributed by atoms with Gasteiger partial charge in [-0.1, -0.05) is 23.9 Å². The largest absolute Gasteiger partial charge is 0.493 e. The minimum atomic E-state index is -0.117. The summed E-state index contributed by atoms with van der Waals surface area (Å²) in [6.45, 7) is 0. The number of benzene rings is 2. The zero-order valence-electron chi connectivity index (χ0n) is 15.7. The molecule has 29 heavy (non-hydrogen) atoms. The smallest absolute Gasteiger partial charge is 0.234 e. The summed E-state index contributed by atoms with van der Waals surface area (Å²) in [6, 6.07) is 11.2. The van der Waals surface area contributed by atoms with Gasteiger partial charge in [-0.3, -0.25) is 4.79 Å². The second-order valence-electron chi connectivity index (χ2n) is 6.10. The van der Waals surface area contributed by atoms with E-state index in [0.29, 0.717) is 16.5 Å². The van der Waals surface area contributed by atoms with Crippen LogP contribution in [-0.2, 0) is 4.79 Å². The number of nitrogens with one attached hydrogen (secondary N) is 2. The molecule has 2 N–H and O–H groups in total. The van der Waals surface area contributed by atoms with Crippen molar-refractivity contribution < 1.29 is 14.3 Å².